The minimum absolute atomic E-state index is 0.00189. The molecule has 17 atom stereocenters. The minimum Gasteiger partial charge on any atom is -0.508 e. The van der Waals surface area contributed by atoms with E-state index in [2.05, 4.69) is 164 Å². The first-order valence-electron chi connectivity index (χ1n) is 16.2. The maximum atomic E-state index is 8.75. The molecule has 17 unspecified atom stereocenters. The second-order valence-electron chi connectivity index (χ2n) is 10.6. The summed E-state index contributed by atoms with van der Waals surface area (Å²) >= 11 is 17.0. The van der Waals surface area contributed by atoms with Crippen LogP contribution >= 0.6 is 260 Å². The molecule has 0 aliphatic carbocycles. The van der Waals surface area contributed by atoms with Crippen LogP contribution in [0.4, 0.5) is 11.4 Å². The largest absolute Gasteiger partial charge is 0.508 e. The first-order valence-corrected chi connectivity index (χ1v) is 67.5. The molecule has 0 aliphatic heterocycles. The second-order valence-corrected chi connectivity index (χ2v) is 124. The van der Waals surface area contributed by atoms with Gasteiger partial charge in [0.15, 0.2) is 32.6 Å². The predicted molar refractivity (Wildman–Crippen MR) is 375 cm³/mol. The van der Waals surface area contributed by atoms with Gasteiger partial charge in [0.25, 0.3) is 5.88 Å². The van der Waals surface area contributed by atoms with Crippen LogP contribution in [0.2, 0.25) is 15.5 Å². The molecule has 0 bridgehead atoms. The fourth-order valence-electron chi connectivity index (χ4n) is 3.76. The van der Waals surface area contributed by atoms with Gasteiger partial charge in [-0.05, 0) is 115 Å². The Morgan fingerprint density at radius 2 is 0.815 bits per heavy atom. The van der Waals surface area contributed by atoms with Gasteiger partial charge in [0.05, 0.1) is 27.4 Å². The number of phenols is 1. The fraction of sp³-hybridized carbons (Fsp3) is 0.0833. The smallest absolute Gasteiger partial charge is 0.267 e. The van der Waals surface area contributed by atoms with Crippen LogP contribution in [0.3, 0.4) is 0 Å². The zero-order valence-electron chi connectivity index (χ0n) is 33.7. The van der Waals surface area contributed by atoms with E-state index in [0.29, 0.717) is 22.9 Å². The van der Waals surface area contributed by atoms with Gasteiger partial charge in [-0.1, -0.05) is 59.1 Å². The Bertz CT molecular complexity index is 2040. The van der Waals surface area contributed by atoms with Crippen molar-refractivity contribution in [3.63, 3.8) is 0 Å². The van der Waals surface area contributed by atoms with Crippen molar-refractivity contribution in [3.05, 3.63) is 99.5 Å². The number of hydrogen-bond acceptors (Lipinski definition) is 8. The molecule has 0 saturated heterocycles. The van der Waals surface area contributed by atoms with E-state index in [4.69, 9.17) is 67.3 Å². The van der Waals surface area contributed by atoms with E-state index < -0.39 is 0 Å². The second kappa shape index (κ2) is 39.1. The van der Waals surface area contributed by atoms with E-state index >= 15 is 0 Å². The molecule has 1 N–H and O–H groups in total. The molecule has 0 amide bonds. The predicted octanol–water partition coefficient (Wildman–Crippen LogP) is 23.3. The number of benzene rings is 2. The van der Waals surface area contributed by atoms with E-state index in [9.17, 15) is 0 Å². The average Bonchev–Trinajstić information content (AvgIpc) is 3.23. The Kier molecular flexibility index (Phi) is 42.6. The highest BCUT2D eigenvalue weighted by atomic mass is 35.5. The van der Waals surface area contributed by atoms with Gasteiger partial charge in [-0.25, -0.2) is 24.6 Å². The monoisotopic (exact) mass is 1460 g/mol. The summed E-state index contributed by atoms with van der Waals surface area (Å²) in [5.74, 6) is 1.55. The van der Waals surface area contributed by atoms with Crippen molar-refractivity contribution < 1.29 is 19.3 Å². The van der Waals surface area contributed by atoms with E-state index in [1.807, 2.05) is 0 Å². The third-order valence-corrected chi connectivity index (χ3v) is 191. The number of aromatic hydroxyl groups is 1. The zero-order valence-corrected chi connectivity index (χ0v) is 65.0. The standard InChI is InChI=1S/C12H8ClN3O2.C7H5NO.C5H4Cl2N2O.H30P28/c1-14-8-3-5-9(6-4-8)18-12-10(17-2)11(13)15-7-16-12;1-8-6-2-4-7(9)5-3-6;1-10-3-4(6)8-2-9-5(3)7;1-16(2)23(15)27(24(17(3)4)18(5)6)28(25(19(7)8)20(9)10)26(21(11)12)22(13)14/h3-7H,2H3;2-5,9H;2H,1H3;1-15H2. The van der Waals surface area contributed by atoms with Gasteiger partial charge >= 0.3 is 0 Å². The quantitative estimate of drug-likeness (QED) is 0.0671. The fourth-order valence-corrected chi connectivity index (χ4v) is 356. The van der Waals surface area contributed by atoms with Crippen molar-refractivity contribution in [3.8, 4) is 28.9 Å². The summed E-state index contributed by atoms with van der Waals surface area (Å²) in [7, 11) is 51.9. The Balaban J connectivity index is 0.000000480. The molecular formula is C24H47Cl3N6O4P28. The van der Waals surface area contributed by atoms with Gasteiger partial charge in [-0.2, -0.15) is 4.98 Å². The highest BCUT2D eigenvalue weighted by Crippen LogP contribution is 3.37. The normalized spacial score (nSPS) is 12.2. The van der Waals surface area contributed by atoms with Crippen LogP contribution in [0.1, 0.15) is 0 Å². The van der Waals surface area contributed by atoms with Crippen LogP contribution in [0.5, 0.6) is 28.9 Å². The molecule has 4 aromatic rings. The maximum Gasteiger partial charge on any atom is 0.267 e. The average molecular weight is 1460 g/mol. The summed E-state index contributed by atoms with van der Waals surface area (Å²) in [5.41, 5.74) is 1.09. The van der Waals surface area contributed by atoms with Crippen molar-refractivity contribution in [2.24, 2.45) is 0 Å². The lowest BCUT2D eigenvalue weighted by Crippen LogP contribution is -1.95. The number of phenolic OH excluding ortho intramolecular Hbond substituents is 1. The van der Waals surface area contributed by atoms with Crippen LogP contribution in [0.15, 0.2) is 61.2 Å². The molecule has 0 saturated carbocycles. The van der Waals surface area contributed by atoms with E-state index in [1.165, 1.54) is 39.0 Å². The Morgan fingerprint density at radius 1 is 0.477 bits per heavy atom. The maximum absolute atomic E-state index is 8.75. The van der Waals surface area contributed by atoms with Crippen LogP contribution in [-0.4, -0.2) is 39.3 Å². The number of hydrogen-bond donors (Lipinski definition) is 1. The topological polar surface area (TPSA) is 108 Å². The SMILES string of the molecule is COc1c(Cl)ncnc1Cl.PP(P)P(P)P(P(P(P)P)P(P)P)P(P(P(P)P)P(P)P)P(P(P)P)P(P)P.[C-]#[N+]c1ccc(O)cc1.[C-]#[N+]c1ccc(Oc2ncnc(Cl)c2OC)cc1. The number of halogens is 3. The van der Waals surface area contributed by atoms with E-state index in [0.717, 1.165) is 0 Å². The van der Waals surface area contributed by atoms with Gasteiger partial charge < -0.3 is 19.3 Å². The molecule has 65 heavy (non-hydrogen) atoms. The van der Waals surface area contributed by atoms with Crippen molar-refractivity contribution in [1.29, 1.82) is 0 Å². The Labute approximate surface area is 448 Å². The summed E-state index contributed by atoms with van der Waals surface area (Å²) in [6, 6.07) is 12.8. The highest BCUT2D eigenvalue weighted by Gasteiger charge is 2.49. The molecule has 0 fully saturated rings. The summed E-state index contributed by atoms with van der Waals surface area (Å²) < 4.78 is 15.4. The summed E-state index contributed by atoms with van der Waals surface area (Å²) in [6.45, 7) is 13.4. The lowest BCUT2D eigenvalue weighted by atomic mass is 10.3. The molecule has 0 radical (unpaired) electrons. The molecule has 2 aromatic carbocycles. The van der Waals surface area contributed by atoms with Gasteiger partial charge in [0.2, 0.25) is 5.75 Å². The van der Waals surface area contributed by atoms with Crippen LogP contribution in [-0.2, 0) is 0 Å². The van der Waals surface area contributed by atoms with Crippen LogP contribution < -0.4 is 14.2 Å². The Morgan fingerprint density at radius 3 is 1.14 bits per heavy atom. The van der Waals surface area contributed by atoms with E-state index in [-0.39, 0.29) is 124 Å². The molecule has 10 nitrogen and oxygen atoms in total. The molecular weight excluding hydrogens is 1410 g/mol. The Hall–Kier alpha value is 7.69. The summed E-state index contributed by atoms with van der Waals surface area (Å²) in [6.07, 6.45) is 2.56. The minimum atomic E-state index is -0.0421. The summed E-state index contributed by atoms with van der Waals surface area (Å²) in [5, 5.41) is 9.38. The lowest BCUT2D eigenvalue weighted by molar-refractivity contribution is 0.367. The molecule has 2 heterocycles. The number of ether oxygens (including phenoxy) is 3. The molecule has 0 aliphatic rings. The lowest BCUT2D eigenvalue weighted by Gasteiger charge is -2.51. The zero-order chi connectivity index (χ0) is 49.7. The van der Waals surface area contributed by atoms with Gasteiger partial charge in [-0.3, -0.25) is 0 Å². The third kappa shape index (κ3) is 26.0. The van der Waals surface area contributed by atoms with Gasteiger partial charge in [0, 0.05) is 0 Å². The first kappa shape index (κ1) is 70.7. The molecule has 358 valence electrons. The number of aromatic nitrogens is 4. The third-order valence-electron chi connectivity index (χ3n) is 6.31. The number of nitrogens with zero attached hydrogens (tertiary/aromatic N) is 6. The number of rotatable bonds is 16. The van der Waals surface area contributed by atoms with E-state index in [1.54, 1.807) is 36.4 Å². The molecule has 2 aromatic heterocycles. The van der Waals surface area contributed by atoms with Crippen molar-refractivity contribution in [1.82, 2.24) is 19.9 Å². The molecule has 41 heteroatoms. The molecule has 0 spiro atoms. The number of methoxy groups -OCH3 is 2. The van der Waals surface area contributed by atoms with Crippen molar-refractivity contribution in [2.75, 3.05) is 14.2 Å². The molecule has 4 rings (SSSR count). The first-order chi connectivity index (χ1) is 30.5. The van der Waals surface area contributed by atoms with Crippen LogP contribution in [0.25, 0.3) is 9.69 Å². The van der Waals surface area contributed by atoms with Gasteiger partial charge in [-0.15, -0.1) is 134 Å². The summed E-state index contributed by atoms with van der Waals surface area (Å²) in [4.78, 5) is 21.5. The van der Waals surface area contributed by atoms with Crippen molar-refractivity contribution in [2.45, 2.75) is 0 Å². The van der Waals surface area contributed by atoms with Gasteiger partial charge in [0.1, 0.15) is 24.2 Å². The van der Waals surface area contributed by atoms with Crippen LogP contribution in [0, 0.1) is 13.1 Å². The van der Waals surface area contributed by atoms with Crippen molar-refractivity contribution >= 4 is 271 Å². The highest BCUT2D eigenvalue weighted by molar-refractivity contribution is 9.42.